The Kier molecular flexibility index (Phi) is 17.4. The maximum absolute atomic E-state index is 10.2. The molecular formula is C20H40O. The monoisotopic (exact) mass is 296 g/mol. The molecule has 0 fully saturated rings. The third-order valence-electron chi connectivity index (χ3n) is 4.73. The second-order valence-electron chi connectivity index (χ2n) is 6.70. The summed E-state index contributed by atoms with van der Waals surface area (Å²) in [5, 5.41) is 0. The fraction of sp³-hybridized carbons (Fsp3) is 0.950. The highest BCUT2D eigenvalue weighted by atomic mass is 16.1. The molecule has 0 aromatic rings. The molecule has 0 aliphatic carbocycles. The van der Waals surface area contributed by atoms with Crippen LogP contribution in [0.1, 0.15) is 117 Å². The van der Waals surface area contributed by atoms with E-state index in [2.05, 4.69) is 13.8 Å². The molecular weight excluding hydrogens is 256 g/mol. The topological polar surface area (TPSA) is 17.1 Å². The molecule has 0 bridgehead atoms. The third kappa shape index (κ3) is 15.9. The molecule has 0 radical (unpaired) electrons. The number of hydrogen-bond acceptors (Lipinski definition) is 1. The molecule has 0 aliphatic heterocycles. The highest BCUT2D eigenvalue weighted by Gasteiger charge is 2.05. The van der Waals surface area contributed by atoms with Crippen molar-refractivity contribution in [2.75, 3.05) is 0 Å². The van der Waals surface area contributed by atoms with E-state index in [0.29, 0.717) is 0 Å². The lowest BCUT2D eigenvalue weighted by atomic mass is 9.92. The summed E-state index contributed by atoms with van der Waals surface area (Å²) in [7, 11) is 0. The first-order valence-electron chi connectivity index (χ1n) is 9.78. The molecule has 0 rings (SSSR count). The fourth-order valence-electron chi connectivity index (χ4n) is 3.13. The number of hydrogen-bond donors (Lipinski definition) is 0. The van der Waals surface area contributed by atoms with Gasteiger partial charge in [-0.3, -0.25) is 0 Å². The van der Waals surface area contributed by atoms with Crippen LogP contribution in [0.3, 0.4) is 0 Å². The zero-order valence-electron chi connectivity index (χ0n) is 14.9. The van der Waals surface area contributed by atoms with Crippen LogP contribution < -0.4 is 0 Å². The van der Waals surface area contributed by atoms with Crippen molar-refractivity contribution in [1.82, 2.24) is 0 Å². The molecule has 0 aromatic carbocycles. The molecule has 0 saturated heterocycles. The number of unbranched alkanes of at least 4 members (excludes halogenated alkanes) is 11. The smallest absolute Gasteiger partial charge is 0.119 e. The van der Waals surface area contributed by atoms with E-state index >= 15 is 0 Å². The molecule has 0 N–H and O–H groups in total. The highest BCUT2D eigenvalue weighted by Crippen LogP contribution is 2.21. The number of carbonyl (C=O) groups is 1. The Hall–Kier alpha value is -0.330. The van der Waals surface area contributed by atoms with Gasteiger partial charge >= 0.3 is 0 Å². The number of carbonyl (C=O) groups excluding carboxylic acids is 1. The van der Waals surface area contributed by atoms with Crippen LogP contribution in [0.25, 0.3) is 0 Å². The summed E-state index contributed by atoms with van der Waals surface area (Å²) >= 11 is 0. The lowest BCUT2D eigenvalue weighted by Gasteiger charge is -2.14. The first-order valence-corrected chi connectivity index (χ1v) is 9.78. The van der Waals surface area contributed by atoms with Crippen molar-refractivity contribution >= 4 is 6.29 Å². The van der Waals surface area contributed by atoms with Crippen molar-refractivity contribution < 1.29 is 4.79 Å². The fourth-order valence-corrected chi connectivity index (χ4v) is 3.13. The molecule has 0 amide bonds. The second kappa shape index (κ2) is 17.7. The summed E-state index contributed by atoms with van der Waals surface area (Å²) in [6, 6.07) is 0. The predicted molar refractivity (Wildman–Crippen MR) is 94.8 cm³/mol. The Bertz CT molecular complexity index is 200. The van der Waals surface area contributed by atoms with Crippen molar-refractivity contribution in [3.8, 4) is 0 Å². The highest BCUT2D eigenvalue weighted by molar-refractivity contribution is 5.48. The molecule has 0 aromatic heterocycles. The van der Waals surface area contributed by atoms with E-state index in [1.807, 2.05) is 0 Å². The van der Waals surface area contributed by atoms with Gasteiger partial charge in [0, 0.05) is 6.42 Å². The maximum atomic E-state index is 10.2. The van der Waals surface area contributed by atoms with Crippen LogP contribution in [-0.4, -0.2) is 6.29 Å². The molecule has 0 spiro atoms. The van der Waals surface area contributed by atoms with Crippen LogP contribution >= 0.6 is 0 Å². The first-order chi connectivity index (χ1) is 10.3. The summed E-state index contributed by atoms with van der Waals surface area (Å²) in [6.45, 7) is 4.65. The van der Waals surface area contributed by atoms with E-state index in [-0.39, 0.29) is 0 Å². The average Bonchev–Trinajstić information content (AvgIpc) is 2.51. The van der Waals surface area contributed by atoms with E-state index in [1.165, 1.54) is 89.9 Å². The summed E-state index contributed by atoms with van der Waals surface area (Å²) in [4.78, 5) is 10.2. The average molecular weight is 297 g/mol. The maximum Gasteiger partial charge on any atom is 0.119 e. The van der Waals surface area contributed by atoms with Crippen LogP contribution in [0.4, 0.5) is 0 Å². The van der Waals surface area contributed by atoms with Gasteiger partial charge in [0.2, 0.25) is 0 Å². The van der Waals surface area contributed by atoms with Gasteiger partial charge in [-0.2, -0.15) is 0 Å². The van der Waals surface area contributed by atoms with E-state index in [4.69, 9.17) is 0 Å². The minimum atomic E-state index is 0.760. The molecule has 1 unspecified atom stereocenters. The Morgan fingerprint density at radius 1 is 0.667 bits per heavy atom. The van der Waals surface area contributed by atoms with E-state index in [1.54, 1.807) is 0 Å². The summed E-state index contributed by atoms with van der Waals surface area (Å²) in [5.74, 6) is 0.978. The largest absolute Gasteiger partial charge is 0.303 e. The molecule has 0 saturated carbocycles. The molecule has 0 aliphatic rings. The van der Waals surface area contributed by atoms with Crippen LogP contribution in [0.5, 0.6) is 0 Å². The van der Waals surface area contributed by atoms with Gasteiger partial charge < -0.3 is 4.79 Å². The number of aldehydes is 1. The lowest BCUT2D eigenvalue weighted by Crippen LogP contribution is -1.99. The van der Waals surface area contributed by atoms with Crippen LogP contribution in [0, 0.1) is 5.92 Å². The summed E-state index contributed by atoms with van der Waals surface area (Å²) in [5.41, 5.74) is 0. The molecule has 1 heteroatoms. The zero-order chi connectivity index (χ0) is 15.6. The van der Waals surface area contributed by atoms with Gasteiger partial charge in [-0.25, -0.2) is 0 Å². The normalized spacial score (nSPS) is 12.5. The zero-order valence-corrected chi connectivity index (χ0v) is 14.9. The second-order valence-corrected chi connectivity index (χ2v) is 6.70. The van der Waals surface area contributed by atoms with Crippen LogP contribution in [-0.2, 0) is 4.79 Å². The van der Waals surface area contributed by atoms with Gasteiger partial charge in [0.25, 0.3) is 0 Å². The summed E-state index contributed by atoms with van der Waals surface area (Å²) in [6.07, 6.45) is 22.5. The van der Waals surface area contributed by atoms with Crippen LogP contribution in [0.15, 0.2) is 0 Å². The minimum absolute atomic E-state index is 0.760. The Morgan fingerprint density at radius 3 is 1.62 bits per heavy atom. The SMILES string of the molecule is CCCCCCCCC(CC)CCCCCCCCC=O. The van der Waals surface area contributed by atoms with Crippen molar-refractivity contribution in [1.29, 1.82) is 0 Å². The van der Waals surface area contributed by atoms with Crippen molar-refractivity contribution in [2.45, 2.75) is 117 Å². The Morgan fingerprint density at radius 2 is 1.14 bits per heavy atom. The standard InChI is InChI=1S/C20H40O/c1-3-5-6-7-11-14-17-20(4-2)18-15-12-9-8-10-13-16-19-21/h19-20H,3-18H2,1-2H3. The van der Waals surface area contributed by atoms with Crippen molar-refractivity contribution in [3.63, 3.8) is 0 Å². The van der Waals surface area contributed by atoms with Gasteiger partial charge in [-0.05, 0) is 12.3 Å². The van der Waals surface area contributed by atoms with Crippen molar-refractivity contribution in [2.24, 2.45) is 5.92 Å². The minimum Gasteiger partial charge on any atom is -0.303 e. The molecule has 0 heterocycles. The van der Waals surface area contributed by atoms with Crippen molar-refractivity contribution in [3.05, 3.63) is 0 Å². The van der Waals surface area contributed by atoms with Gasteiger partial charge in [-0.15, -0.1) is 0 Å². The van der Waals surface area contributed by atoms with Gasteiger partial charge in [0.1, 0.15) is 6.29 Å². The van der Waals surface area contributed by atoms with E-state index in [9.17, 15) is 4.79 Å². The van der Waals surface area contributed by atoms with Gasteiger partial charge in [0.05, 0.1) is 0 Å². The Balaban J connectivity index is 3.30. The molecule has 126 valence electrons. The van der Waals surface area contributed by atoms with E-state index < -0.39 is 0 Å². The number of rotatable bonds is 17. The first kappa shape index (κ1) is 20.7. The van der Waals surface area contributed by atoms with E-state index in [0.717, 1.165) is 25.0 Å². The molecule has 21 heavy (non-hydrogen) atoms. The summed E-state index contributed by atoms with van der Waals surface area (Å²) < 4.78 is 0. The molecule has 1 atom stereocenters. The predicted octanol–water partition coefficient (Wildman–Crippen LogP) is 7.08. The van der Waals surface area contributed by atoms with Gasteiger partial charge in [-0.1, -0.05) is 104 Å². The lowest BCUT2D eigenvalue weighted by molar-refractivity contribution is -0.107. The quantitative estimate of drug-likeness (QED) is 0.207. The molecule has 1 nitrogen and oxygen atoms in total. The van der Waals surface area contributed by atoms with Crippen LogP contribution in [0.2, 0.25) is 0 Å². The van der Waals surface area contributed by atoms with Gasteiger partial charge in [0.15, 0.2) is 0 Å². The Labute approximate surface area is 134 Å². The third-order valence-corrected chi connectivity index (χ3v) is 4.73.